The molecule has 0 aliphatic carbocycles. The van der Waals surface area contributed by atoms with E-state index in [2.05, 4.69) is 15.4 Å². The van der Waals surface area contributed by atoms with Gasteiger partial charge in [-0.1, -0.05) is 6.07 Å². The Kier molecular flexibility index (Phi) is 5.40. The number of hydrogen-bond donors (Lipinski definition) is 1. The third-order valence-corrected chi connectivity index (χ3v) is 5.52. The summed E-state index contributed by atoms with van der Waals surface area (Å²) in [5.74, 6) is -0.255. The lowest BCUT2D eigenvalue weighted by atomic mass is 10.2. The number of rotatable bonds is 6. The Hall–Kier alpha value is -2.32. The summed E-state index contributed by atoms with van der Waals surface area (Å²) >= 11 is 3.17. The Morgan fingerprint density at radius 1 is 1.24 bits per heavy atom. The highest BCUT2D eigenvalue weighted by atomic mass is 32.1. The van der Waals surface area contributed by atoms with Gasteiger partial charge in [-0.15, -0.1) is 22.7 Å². The van der Waals surface area contributed by atoms with E-state index >= 15 is 0 Å². The molecule has 8 heteroatoms. The van der Waals surface area contributed by atoms with E-state index in [1.54, 1.807) is 24.3 Å². The van der Waals surface area contributed by atoms with Crippen LogP contribution in [0.5, 0.6) is 0 Å². The van der Waals surface area contributed by atoms with Gasteiger partial charge in [-0.05, 0) is 31.4 Å². The first-order valence-electron chi connectivity index (χ1n) is 7.80. The number of carbonyl (C=O) groups excluding carboxylic acids is 1. The van der Waals surface area contributed by atoms with E-state index in [4.69, 9.17) is 0 Å². The fourth-order valence-corrected chi connectivity index (χ4v) is 4.00. The Labute approximate surface area is 153 Å². The minimum Gasteiger partial charge on any atom is -0.345 e. The van der Waals surface area contributed by atoms with Crippen molar-refractivity contribution < 1.29 is 4.79 Å². The topological polar surface area (TPSA) is 76.9 Å². The van der Waals surface area contributed by atoms with Gasteiger partial charge in [-0.2, -0.15) is 5.10 Å². The van der Waals surface area contributed by atoms with Crippen LogP contribution in [-0.2, 0) is 17.8 Å². The number of nitrogens with zero attached hydrogens (tertiary/aromatic N) is 3. The number of hydrogen-bond acceptors (Lipinski definition) is 6. The summed E-state index contributed by atoms with van der Waals surface area (Å²) < 4.78 is 1.18. The highest BCUT2D eigenvalue weighted by Crippen LogP contribution is 2.24. The summed E-state index contributed by atoms with van der Waals surface area (Å²) in [6.07, 6.45) is 0.673. The standard InChI is InChI=1S/C17H18N4O2S2/c1-11-5-6-16(23)21(20-11)9-15(22)19-14(8-13-4-3-7-24-13)17-18-12(2)10-25-17/h3-7,10,14H,8-9H2,1-2H3,(H,19,22)/t14-/m0/s1. The van der Waals surface area contributed by atoms with Gasteiger partial charge in [0.25, 0.3) is 5.56 Å². The molecule has 0 fully saturated rings. The predicted octanol–water partition coefficient (Wildman–Crippen LogP) is 2.48. The molecule has 130 valence electrons. The molecule has 0 saturated heterocycles. The molecule has 0 spiro atoms. The van der Waals surface area contributed by atoms with Gasteiger partial charge in [0, 0.05) is 28.4 Å². The van der Waals surface area contributed by atoms with Gasteiger partial charge < -0.3 is 5.32 Å². The summed E-state index contributed by atoms with van der Waals surface area (Å²) in [6.45, 7) is 3.61. The number of carbonyl (C=O) groups is 1. The van der Waals surface area contributed by atoms with Crippen LogP contribution in [0.3, 0.4) is 0 Å². The molecular weight excluding hydrogens is 356 g/mol. The molecule has 0 aromatic carbocycles. The molecule has 0 saturated carbocycles. The second kappa shape index (κ2) is 7.71. The summed E-state index contributed by atoms with van der Waals surface area (Å²) in [7, 11) is 0. The summed E-state index contributed by atoms with van der Waals surface area (Å²) in [6, 6.07) is 6.86. The lowest BCUT2D eigenvalue weighted by Gasteiger charge is -2.16. The van der Waals surface area contributed by atoms with Crippen molar-refractivity contribution in [2.45, 2.75) is 32.9 Å². The van der Waals surface area contributed by atoms with E-state index in [0.717, 1.165) is 10.7 Å². The summed E-state index contributed by atoms with van der Waals surface area (Å²) in [5.41, 5.74) is 1.33. The lowest BCUT2D eigenvalue weighted by molar-refractivity contribution is -0.122. The second-order valence-electron chi connectivity index (χ2n) is 5.70. The van der Waals surface area contributed by atoms with E-state index in [-0.39, 0.29) is 24.1 Å². The molecule has 1 atom stereocenters. The molecular formula is C17H18N4O2S2. The molecule has 3 rings (SSSR count). The molecule has 3 aromatic heterocycles. The first-order chi connectivity index (χ1) is 12.0. The largest absolute Gasteiger partial charge is 0.345 e. The zero-order valence-corrected chi connectivity index (χ0v) is 15.6. The van der Waals surface area contributed by atoms with Crippen LogP contribution in [0.2, 0.25) is 0 Å². The molecule has 1 N–H and O–H groups in total. The van der Waals surface area contributed by atoms with Crippen LogP contribution in [-0.4, -0.2) is 20.7 Å². The normalized spacial score (nSPS) is 12.1. The Morgan fingerprint density at radius 3 is 2.76 bits per heavy atom. The molecule has 1 amide bonds. The maximum atomic E-state index is 12.5. The third-order valence-electron chi connectivity index (χ3n) is 3.55. The first kappa shape index (κ1) is 17.5. The lowest BCUT2D eigenvalue weighted by Crippen LogP contribution is -2.36. The molecule has 3 aromatic rings. The molecule has 0 radical (unpaired) electrons. The number of aryl methyl sites for hydroxylation is 2. The Balaban J connectivity index is 1.76. The van der Waals surface area contributed by atoms with Crippen LogP contribution in [0.1, 0.15) is 27.3 Å². The molecule has 3 heterocycles. The highest BCUT2D eigenvalue weighted by molar-refractivity contribution is 7.10. The molecule has 0 aliphatic heterocycles. The van der Waals surface area contributed by atoms with Gasteiger partial charge in [0.1, 0.15) is 11.6 Å². The van der Waals surface area contributed by atoms with Gasteiger partial charge >= 0.3 is 0 Å². The zero-order valence-electron chi connectivity index (χ0n) is 13.9. The van der Waals surface area contributed by atoms with Crippen molar-refractivity contribution in [1.82, 2.24) is 20.1 Å². The molecule has 6 nitrogen and oxygen atoms in total. The molecule has 0 unspecified atom stereocenters. The van der Waals surface area contributed by atoms with Crippen LogP contribution in [0.4, 0.5) is 0 Å². The zero-order chi connectivity index (χ0) is 17.8. The van der Waals surface area contributed by atoms with Crippen molar-refractivity contribution in [1.29, 1.82) is 0 Å². The van der Waals surface area contributed by atoms with Crippen molar-refractivity contribution in [3.63, 3.8) is 0 Å². The Bertz CT molecular complexity index is 915. The SMILES string of the molecule is Cc1csc([C@H](Cc2cccs2)NC(=O)Cn2nc(C)ccc2=O)n1. The van der Waals surface area contributed by atoms with Crippen molar-refractivity contribution in [3.8, 4) is 0 Å². The number of thiophene rings is 1. The van der Waals surface area contributed by atoms with Gasteiger partial charge in [0.05, 0.1) is 11.7 Å². The van der Waals surface area contributed by atoms with Crippen LogP contribution in [0.15, 0.2) is 39.8 Å². The van der Waals surface area contributed by atoms with E-state index in [1.165, 1.54) is 27.0 Å². The number of amides is 1. The summed E-state index contributed by atoms with van der Waals surface area (Å²) in [4.78, 5) is 30.0. The number of thiazole rings is 1. The van der Waals surface area contributed by atoms with Gasteiger partial charge in [0.2, 0.25) is 5.91 Å². The molecule has 25 heavy (non-hydrogen) atoms. The number of aromatic nitrogens is 3. The fraction of sp³-hybridized carbons (Fsp3) is 0.294. The van der Waals surface area contributed by atoms with E-state index < -0.39 is 0 Å². The monoisotopic (exact) mass is 374 g/mol. The van der Waals surface area contributed by atoms with Crippen molar-refractivity contribution in [2.75, 3.05) is 0 Å². The fourth-order valence-electron chi connectivity index (χ4n) is 2.40. The van der Waals surface area contributed by atoms with E-state index in [9.17, 15) is 9.59 Å². The average Bonchev–Trinajstić information content (AvgIpc) is 3.22. The van der Waals surface area contributed by atoms with Crippen LogP contribution < -0.4 is 10.9 Å². The van der Waals surface area contributed by atoms with Crippen LogP contribution in [0, 0.1) is 13.8 Å². The van der Waals surface area contributed by atoms with Crippen LogP contribution >= 0.6 is 22.7 Å². The predicted molar refractivity (Wildman–Crippen MR) is 99.0 cm³/mol. The molecule has 0 bridgehead atoms. The average molecular weight is 374 g/mol. The first-order valence-corrected chi connectivity index (χ1v) is 9.56. The summed E-state index contributed by atoms with van der Waals surface area (Å²) in [5, 5.41) is 11.9. The second-order valence-corrected chi connectivity index (χ2v) is 7.62. The maximum Gasteiger partial charge on any atom is 0.267 e. The minimum absolute atomic E-state index is 0.105. The molecule has 0 aliphatic rings. The van der Waals surface area contributed by atoms with Gasteiger partial charge in [-0.3, -0.25) is 9.59 Å². The third kappa shape index (κ3) is 4.61. The van der Waals surface area contributed by atoms with Crippen molar-refractivity contribution in [2.24, 2.45) is 0 Å². The van der Waals surface area contributed by atoms with E-state index in [0.29, 0.717) is 12.1 Å². The maximum absolute atomic E-state index is 12.5. The minimum atomic E-state index is -0.291. The highest BCUT2D eigenvalue weighted by Gasteiger charge is 2.19. The Morgan fingerprint density at radius 2 is 2.08 bits per heavy atom. The number of nitrogens with one attached hydrogen (secondary N) is 1. The van der Waals surface area contributed by atoms with E-state index in [1.807, 2.05) is 29.8 Å². The van der Waals surface area contributed by atoms with Crippen LogP contribution in [0.25, 0.3) is 0 Å². The van der Waals surface area contributed by atoms with Crippen molar-refractivity contribution >= 4 is 28.6 Å². The quantitative estimate of drug-likeness (QED) is 0.719. The van der Waals surface area contributed by atoms with Gasteiger partial charge in [0.15, 0.2) is 0 Å². The smallest absolute Gasteiger partial charge is 0.267 e. The van der Waals surface area contributed by atoms with Crippen molar-refractivity contribution in [3.05, 3.63) is 66.7 Å². The van der Waals surface area contributed by atoms with Gasteiger partial charge in [-0.25, -0.2) is 9.67 Å².